The van der Waals surface area contributed by atoms with E-state index < -0.39 is 0 Å². The minimum absolute atomic E-state index is 0.226. The van der Waals surface area contributed by atoms with Crippen LogP contribution in [0.4, 0.5) is 0 Å². The van der Waals surface area contributed by atoms with Crippen LogP contribution < -0.4 is 5.32 Å². The fourth-order valence-corrected chi connectivity index (χ4v) is 4.56. The van der Waals surface area contributed by atoms with Gasteiger partial charge in [0, 0.05) is 6.54 Å². The van der Waals surface area contributed by atoms with Gasteiger partial charge >= 0.3 is 0 Å². The molecule has 1 N–H and O–H groups in total. The molecule has 1 saturated carbocycles. The maximum Gasteiger partial charge on any atom is 0.244 e. The monoisotopic (exact) mass is 306 g/mol. The van der Waals surface area contributed by atoms with Gasteiger partial charge in [-0.25, -0.2) is 0 Å². The van der Waals surface area contributed by atoms with E-state index in [1.807, 2.05) is 0 Å². The standard InChI is InChI=1S/C17H26N2OS/c1-4-17(3)16(20)19(9-14-11-21-10-12(14)2)15(18-17)13-7-5-6-8-13/h10-11,13,15,18H,4-9H2,1-3H3. The zero-order valence-electron chi connectivity index (χ0n) is 13.3. The average Bonchev–Trinajstić information content (AvgIpc) is 3.17. The van der Waals surface area contributed by atoms with Gasteiger partial charge in [-0.1, -0.05) is 19.8 Å². The van der Waals surface area contributed by atoms with Gasteiger partial charge in [0.2, 0.25) is 5.91 Å². The number of nitrogens with zero attached hydrogens (tertiary/aromatic N) is 1. The Morgan fingerprint density at radius 3 is 2.67 bits per heavy atom. The minimum atomic E-state index is -0.378. The molecule has 1 aromatic rings. The Morgan fingerprint density at radius 1 is 1.38 bits per heavy atom. The zero-order chi connectivity index (χ0) is 15.0. The summed E-state index contributed by atoms with van der Waals surface area (Å²) in [5.74, 6) is 0.911. The molecule has 1 aliphatic carbocycles. The summed E-state index contributed by atoms with van der Waals surface area (Å²) in [5.41, 5.74) is 2.23. The van der Waals surface area contributed by atoms with Crippen molar-refractivity contribution in [2.75, 3.05) is 0 Å². The number of aryl methyl sites for hydroxylation is 1. The molecule has 1 saturated heterocycles. The number of hydrogen-bond donors (Lipinski definition) is 1. The first-order chi connectivity index (χ1) is 10.0. The maximum atomic E-state index is 12.9. The Morgan fingerprint density at radius 2 is 2.10 bits per heavy atom. The predicted molar refractivity (Wildman–Crippen MR) is 87.2 cm³/mol. The van der Waals surface area contributed by atoms with Crippen molar-refractivity contribution in [2.24, 2.45) is 5.92 Å². The van der Waals surface area contributed by atoms with Crippen LogP contribution in [-0.4, -0.2) is 22.5 Å². The summed E-state index contributed by atoms with van der Waals surface area (Å²) in [7, 11) is 0. The van der Waals surface area contributed by atoms with Gasteiger partial charge in [-0.3, -0.25) is 10.1 Å². The third kappa shape index (κ3) is 2.64. The van der Waals surface area contributed by atoms with Gasteiger partial charge in [-0.2, -0.15) is 11.3 Å². The average molecular weight is 306 g/mol. The Bertz CT molecular complexity index is 521. The summed E-state index contributed by atoms with van der Waals surface area (Å²) in [6.45, 7) is 7.08. The summed E-state index contributed by atoms with van der Waals surface area (Å²) in [6.07, 6.45) is 6.21. The minimum Gasteiger partial charge on any atom is -0.321 e. The van der Waals surface area contributed by atoms with E-state index in [0.29, 0.717) is 5.92 Å². The van der Waals surface area contributed by atoms with Crippen molar-refractivity contribution in [2.45, 2.75) is 71.1 Å². The van der Waals surface area contributed by atoms with E-state index in [2.05, 4.69) is 41.7 Å². The lowest BCUT2D eigenvalue weighted by Gasteiger charge is -2.29. The Balaban J connectivity index is 1.85. The molecule has 21 heavy (non-hydrogen) atoms. The molecule has 4 heteroatoms. The van der Waals surface area contributed by atoms with Gasteiger partial charge in [0.25, 0.3) is 0 Å². The second-order valence-corrected chi connectivity index (χ2v) is 7.58. The van der Waals surface area contributed by atoms with Crippen LogP contribution >= 0.6 is 11.3 Å². The van der Waals surface area contributed by atoms with E-state index in [4.69, 9.17) is 0 Å². The van der Waals surface area contributed by atoms with Crippen molar-refractivity contribution in [3.05, 3.63) is 21.9 Å². The van der Waals surface area contributed by atoms with Gasteiger partial charge in [0.05, 0.1) is 11.7 Å². The number of rotatable bonds is 4. The fourth-order valence-electron chi connectivity index (χ4n) is 3.71. The number of hydrogen-bond acceptors (Lipinski definition) is 3. The molecule has 3 rings (SSSR count). The lowest BCUT2D eigenvalue weighted by atomic mass is 9.99. The summed E-state index contributed by atoms with van der Waals surface area (Å²) in [4.78, 5) is 15.0. The number of carbonyl (C=O) groups excluding carboxylic acids is 1. The van der Waals surface area contributed by atoms with E-state index in [1.54, 1.807) is 11.3 Å². The first kappa shape index (κ1) is 15.0. The van der Waals surface area contributed by atoms with E-state index >= 15 is 0 Å². The predicted octanol–water partition coefficient (Wildman–Crippen LogP) is 3.67. The SMILES string of the molecule is CCC1(C)NC(C2CCCC2)N(Cc2cscc2C)C1=O. The van der Waals surface area contributed by atoms with Gasteiger partial charge in [0.1, 0.15) is 0 Å². The van der Waals surface area contributed by atoms with E-state index in [0.717, 1.165) is 13.0 Å². The fraction of sp³-hybridized carbons (Fsp3) is 0.706. The van der Waals surface area contributed by atoms with Crippen LogP contribution in [0.2, 0.25) is 0 Å². The number of nitrogens with one attached hydrogen (secondary N) is 1. The smallest absolute Gasteiger partial charge is 0.244 e. The van der Waals surface area contributed by atoms with Gasteiger partial charge in [-0.05, 0) is 60.9 Å². The molecule has 3 nitrogen and oxygen atoms in total. The second-order valence-electron chi connectivity index (χ2n) is 6.83. The highest BCUT2D eigenvalue weighted by Crippen LogP contribution is 2.36. The quantitative estimate of drug-likeness (QED) is 0.920. The molecule has 2 heterocycles. The summed E-state index contributed by atoms with van der Waals surface area (Å²) in [6, 6.07) is 0. The molecule has 2 aliphatic rings. The van der Waals surface area contributed by atoms with E-state index in [9.17, 15) is 4.79 Å². The molecule has 2 fully saturated rings. The van der Waals surface area contributed by atoms with Crippen molar-refractivity contribution < 1.29 is 4.79 Å². The first-order valence-corrected chi connectivity index (χ1v) is 9.10. The van der Waals surface area contributed by atoms with Crippen molar-refractivity contribution in [3.8, 4) is 0 Å². The lowest BCUT2D eigenvalue weighted by Crippen LogP contribution is -2.45. The van der Waals surface area contributed by atoms with Crippen molar-refractivity contribution in [1.82, 2.24) is 10.2 Å². The van der Waals surface area contributed by atoms with Gasteiger partial charge in [-0.15, -0.1) is 0 Å². The molecule has 116 valence electrons. The highest BCUT2D eigenvalue weighted by molar-refractivity contribution is 7.08. The summed E-state index contributed by atoms with van der Waals surface area (Å²) < 4.78 is 0. The topological polar surface area (TPSA) is 32.3 Å². The van der Waals surface area contributed by atoms with Crippen LogP contribution in [0, 0.1) is 12.8 Å². The van der Waals surface area contributed by atoms with Crippen molar-refractivity contribution in [1.29, 1.82) is 0 Å². The van der Waals surface area contributed by atoms with E-state index in [1.165, 1.54) is 36.8 Å². The Kier molecular flexibility index (Phi) is 4.10. The summed E-state index contributed by atoms with van der Waals surface area (Å²) >= 11 is 1.73. The Labute approximate surface area is 131 Å². The molecule has 0 aromatic carbocycles. The van der Waals surface area contributed by atoms with Crippen molar-refractivity contribution in [3.63, 3.8) is 0 Å². The molecular weight excluding hydrogens is 280 g/mol. The van der Waals surface area contributed by atoms with Crippen molar-refractivity contribution >= 4 is 17.2 Å². The number of carbonyl (C=O) groups is 1. The van der Waals surface area contributed by atoms with Gasteiger partial charge < -0.3 is 4.90 Å². The van der Waals surface area contributed by atoms with Crippen LogP contribution in [0.3, 0.4) is 0 Å². The highest BCUT2D eigenvalue weighted by atomic mass is 32.1. The zero-order valence-corrected chi connectivity index (χ0v) is 14.1. The van der Waals surface area contributed by atoms with Crippen LogP contribution in [0.15, 0.2) is 10.8 Å². The normalized spacial score (nSPS) is 30.5. The Hall–Kier alpha value is -0.870. The van der Waals surface area contributed by atoms with Crippen LogP contribution in [0.25, 0.3) is 0 Å². The largest absolute Gasteiger partial charge is 0.321 e. The molecule has 0 radical (unpaired) electrons. The van der Waals surface area contributed by atoms with E-state index in [-0.39, 0.29) is 17.6 Å². The summed E-state index contributed by atoms with van der Waals surface area (Å²) in [5, 5.41) is 8.03. The number of thiophene rings is 1. The maximum absolute atomic E-state index is 12.9. The molecular formula is C17H26N2OS. The molecule has 1 aromatic heterocycles. The molecule has 0 bridgehead atoms. The van der Waals surface area contributed by atoms with Crippen LogP contribution in [0.5, 0.6) is 0 Å². The molecule has 2 atom stereocenters. The van der Waals surface area contributed by atoms with Gasteiger partial charge in [0.15, 0.2) is 0 Å². The molecule has 1 aliphatic heterocycles. The number of amides is 1. The van der Waals surface area contributed by atoms with Crippen LogP contribution in [-0.2, 0) is 11.3 Å². The third-order valence-corrected chi connectivity index (χ3v) is 6.30. The second kappa shape index (κ2) is 5.73. The highest BCUT2D eigenvalue weighted by Gasteiger charge is 2.49. The third-order valence-electron chi connectivity index (χ3n) is 5.39. The molecule has 1 amide bonds. The molecule has 2 unspecified atom stereocenters. The lowest BCUT2D eigenvalue weighted by molar-refractivity contribution is -0.134. The molecule has 0 spiro atoms. The van der Waals surface area contributed by atoms with Crippen LogP contribution in [0.1, 0.15) is 57.1 Å². The first-order valence-electron chi connectivity index (χ1n) is 8.15.